The third-order valence-electron chi connectivity index (χ3n) is 3.58. The molecule has 0 aliphatic rings. The van der Waals surface area contributed by atoms with Gasteiger partial charge >= 0.3 is 5.97 Å². The molecule has 0 amide bonds. The summed E-state index contributed by atoms with van der Waals surface area (Å²) in [7, 11) is 0. The van der Waals surface area contributed by atoms with E-state index >= 15 is 0 Å². The molecule has 0 aliphatic heterocycles. The topological polar surface area (TPSA) is 92.3 Å². The maximum atomic E-state index is 12.2. The van der Waals surface area contributed by atoms with E-state index in [9.17, 15) is 9.59 Å². The summed E-state index contributed by atoms with van der Waals surface area (Å²) in [5, 5.41) is 9.44. The van der Waals surface area contributed by atoms with E-state index in [1.165, 1.54) is 18.2 Å². The zero-order valence-electron chi connectivity index (χ0n) is 13.1. The number of fused-ring (bicyclic) bond motifs is 1. The summed E-state index contributed by atoms with van der Waals surface area (Å²) in [6.45, 7) is 2.49. The average Bonchev–Trinajstić information content (AvgIpc) is 2.55. The van der Waals surface area contributed by atoms with Crippen molar-refractivity contribution in [2.24, 2.45) is 0 Å². The van der Waals surface area contributed by atoms with Crippen molar-refractivity contribution >= 4 is 16.9 Å². The Morgan fingerprint density at radius 1 is 1.25 bits per heavy atom. The van der Waals surface area contributed by atoms with Gasteiger partial charge < -0.3 is 14.8 Å². The summed E-state index contributed by atoms with van der Waals surface area (Å²) in [6.07, 6.45) is 0.420. The minimum atomic E-state index is -1.05. The molecular formula is C18H16N2O4. The minimum absolute atomic E-state index is 0.102. The van der Waals surface area contributed by atoms with E-state index in [4.69, 9.17) is 9.84 Å². The third kappa shape index (κ3) is 3.27. The van der Waals surface area contributed by atoms with Crippen LogP contribution in [0.5, 0.6) is 5.75 Å². The number of hydrogen-bond acceptors (Lipinski definition) is 4. The molecule has 1 heterocycles. The number of nitrogens with one attached hydrogen (secondary N) is 1. The second-order valence-corrected chi connectivity index (χ2v) is 5.31. The monoisotopic (exact) mass is 324 g/mol. The van der Waals surface area contributed by atoms with Gasteiger partial charge in [-0.2, -0.15) is 0 Å². The van der Waals surface area contributed by atoms with Crippen molar-refractivity contribution in [1.29, 1.82) is 0 Å². The molecule has 6 nitrogen and oxygen atoms in total. The van der Waals surface area contributed by atoms with Gasteiger partial charge in [0.25, 0.3) is 5.56 Å². The predicted octanol–water partition coefficient (Wildman–Crippen LogP) is 2.61. The quantitative estimate of drug-likeness (QED) is 0.752. The smallest absolute Gasteiger partial charge is 0.335 e. The highest BCUT2D eigenvalue weighted by Crippen LogP contribution is 2.16. The number of aromatic nitrogens is 2. The summed E-state index contributed by atoms with van der Waals surface area (Å²) < 4.78 is 5.46. The zero-order chi connectivity index (χ0) is 17.1. The van der Waals surface area contributed by atoms with Gasteiger partial charge in [-0.25, -0.2) is 9.78 Å². The Kier molecular flexibility index (Phi) is 4.29. The number of aromatic carboxylic acids is 1. The Morgan fingerprint density at radius 3 is 2.83 bits per heavy atom. The van der Waals surface area contributed by atoms with Gasteiger partial charge in [-0.15, -0.1) is 0 Å². The number of hydrogen-bond donors (Lipinski definition) is 2. The summed E-state index contributed by atoms with van der Waals surface area (Å²) in [6, 6.07) is 11.8. The van der Waals surface area contributed by atoms with Crippen molar-refractivity contribution in [3.05, 3.63) is 69.8 Å². The van der Waals surface area contributed by atoms with Crippen molar-refractivity contribution in [2.75, 3.05) is 6.61 Å². The summed E-state index contributed by atoms with van der Waals surface area (Å²) >= 11 is 0. The molecule has 0 unspecified atom stereocenters. The second-order valence-electron chi connectivity index (χ2n) is 5.31. The molecular weight excluding hydrogens is 308 g/mol. The van der Waals surface area contributed by atoms with Crippen LogP contribution in [0.1, 0.15) is 28.7 Å². The third-order valence-corrected chi connectivity index (χ3v) is 3.58. The molecule has 122 valence electrons. The lowest BCUT2D eigenvalue weighted by Gasteiger charge is -2.07. The summed E-state index contributed by atoms with van der Waals surface area (Å²) in [5.41, 5.74) is 1.13. The van der Waals surface area contributed by atoms with Crippen LogP contribution in [0.3, 0.4) is 0 Å². The van der Waals surface area contributed by atoms with E-state index in [-0.39, 0.29) is 11.1 Å². The van der Waals surface area contributed by atoms with Gasteiger partial charge in [0.05, 0.1) is 23.1 Å². The SMILES string of the molecule is CCOc1cccc(Cc2nc3cc(C(=O)O)ccc3c(=O)[nH]2)c1. The standard InChI is InChI=1S/C18H16N2O4/c1-2-24-13-5-3-4-11(8-13)9-16-19-15-10-12(18(22)23)6-7-14(15)17(21)20-16/h3-8,10H,2,9H2,1H3,(H,22,23)(H,19,20,21). The number of carboxylic acid groups (broad SMARTS) is 1. The fourth-order valence-corrected chi connectivity index (χ4v) is 2.51. The molecule has 6 heteroatoms. The van der Waals surface area contributed by atoms with Gasteiger partial charge in [-0.1, -0.05) is 12.1 Å². The van der Waals surface area contributed by atoms with Crippen molar-refractivity contribution in [1.82, 2.24) is 9.97 Å². The lowest BCUT2D eigenvalue weighted by atomic mass is 10.1. The highest BCUT2D eigenvalue weighted by molar-refractivity contribution is 5.92. The normalized spacial score (nSPS) is 10.7. The van der Waals surface area contributed by atoms with Crippen LogP contribution >= 0.6 is 0 Å². The molecule has 24 heavy (non-hydrogen) atoms. The van der Waals surface area contributed by atoms with Crippen LogP contribution in [0, 0.1) is 0 Å². The van der Waals surface area contributed by atoms with E-state index in [0.717, 1.165) is 11.3 Å². The summed E-state index contributed by atoms with van der Waals surface area (Å²) in [4.78, 5) is 30.4. The molecule has 0 atom stereocenters. The molecule has 0 fully saturated rings. The van der Waals surface area contributed by atoms with Crippen LogP contribution in [0.25, 0.3) is 10.9 Å². The number of nitrogens with zero attached hydrogens (tertiary/aromatic N) is 1. The number of benzene rings is 2. The Hall–Kier alpha value is -3.15. The second kappa shape index (κ2) is 6.54. The molecule has 3 rings (SSSR count). The van der Waals surface area contributed by atoms with E-state index in [1.54, 1.807) is 0 Å². The van der Waals surface area contributed by atoms with Gasteiger partial charge in [-0.05, 0) is 42.8 Å². The molecule has 3 aromatic rings. The van der Waals surface area contributed by atoms with E-state index in [0.29, 0.717) is 29.8 Å². The Balaban J connectivity index is 1.99. The molecule has 0 radical (unpaired) electrons. The minimum Gasteiger partial charge on any atom is -0.494 e. The van der Waals surface area contributed by atoms with Crippen LogP contribution in [0.2, 0.25) is 0 Å². The van der Waals surface area contributed by atoms with E-state index in [2.05, 4.69) is 9.97 Å². The van der Waals surface area contributed by atoms with Crippen LogP contribution in [0.4, 0.5) is 0 Å². The molecule has 0 saturated heterocycles. The van der Waals surface area contributed by atoms with E-state index < -0.39 is 5.97 Å². The van der Waals surface area contributed by atoms with Gasteiger partial charge in [0, 0.05) is 6.42 Å². The highest BCUT2D eigenvalue weighted by Gasteiger charge is 2.09. The Bertz CT molecular complexity index is 963. The van der Waals surface area contributed by atoms with E-state index in [1.807, 2.05) is 31.2 Å². The van der Waals surface area contributed by atoms with Gasteiger partial charge in [0.1, 0.15) is 11.6 Å². The first kappa shape index (κ1) is 15.7. The molecule has 2 N–H and O–H groups in total. The predicted molar refractivity (Wildman–Crippen MR) is 89.7 cm³/mol. The molecule has 0 spiro atoms. The zero-order valence-corrected chi connectivity index (χ0v) is 13.1. The van der Waals surface area contributed by atoms with Crippen LogP contribution in [0.15, 0.2) is 47.3 Å². The fraction of sp³-hybridized carbons (Fsp3) is 0.167. The Labute approximate surface area is 137 Å². The lowest BCUT2D eigenvalue weighted by molar-refractivity contribution is 0.0697. The Morgan fingerprint density at radius 2 is 2.08 bits per heavy atom. The number of aromatic amines is 1. The van der Waals surface area contributed by atoms with Crippen LogP contribution in [-0.4, -0.2) is 27.7 Å². The molecule has 0 bridgehead atoms. The van der Waals surface area contributed by atoms with Crippen molar-refractivity contribution < 1.29 is 14.6 Å². The summed E-state index contributed by atoms with van der Waals surface area (Å²) in [5.74, 6) is 0.180. The molecule has 1 aromatic heterocycles. The maximum Gasteiger partial charge on any atom is 0.335 e. The van der Waals surface area contributed by atoms with Crippen molar-refractivity contribution in [3.63, 3.8) is 0 Å². The first-order valence-corrected chi connectivity index (χ1v) is 7.55. The first-order valence-electron chi connectivity index (χ1n) is 7.55. The van der Waals surface area contributed by atoms with Gasteiger partial charge in [0.15, 0.2) is 0 Å². The lowest BCUT2D eigenvalue weighted by Crippen LogP contribution is -2.13. The number of H-pyrrole nitrogens is 1. The number of carboxylic acids is 1. The highest BCUT2D eigenvalue weighted by atomic mass is 16.5. The largest absolute Gasteiger partial charge is 0.494 e. The van der Waals surface area contributed by atoms with Crippen molar-refractivity contribution in [2.45, 2.75) is 13.3 Å². The maximum absolute atomic E-state index is 12.2. The van der Waals surface area contributed by atoms with Crippen LogP contribution < -0.4 is 10.3 Å². The molecule has 0 aliphatic carbocycles. The number of ether oxygens (including phenoxy) is 1. The van der Waals surface area contributed by atoms with Gasteiger partial charge in [-0.3, -0.25) is 4.79 Å². The number of rotatable bonds is 5. The van der Waals surface area contributed by atoms with Crippen molar-refractivity contribution in [3.8, 4) is 5.75 Å². The average molecular weight is 324 g/mol. The van der Waals surface area contributed by atoms with Gasteiger partial charge in [0.2, 0.25) is 0 Å². The molecule has 2 aromatic carbocycles. The van der Waals surface area contributed by atoms with Crippen LogP contribution in [-0.2, 0) is 6.42 Å². The number of carbonyl (C=O) groups is 1. The first-order chi connectivity index (χ1) is 11.6. The fourth-order valence-electron chi connectivity index (χ4n) is 2.51. The molecule has 0 saturated carbocycles.